The van der Waals surface area contributed by atoms with E-state index in [1.807, 2.05) is 42.3 Å². The summed E-state index contributed by atoms with van der Waals surface area (Å²) < 4.78 is 9.97. The molecule has 6 heteroatoms. The Balaban J connectivity index is 2.20. The number of benzene rings is 1. The maximum absolute atomic E-state index is 12.2. The summed E-state index contributed by atoms with van der Waals surface area (Å²) in [4.78, 5) is 24.1. The van der Waals surface area contributed by atoms with Gasteiger partial charge in [-0.2, -0.15) is 0 Å². The van der Waals surface area contributed by atoms with Gasteiger partial charge in [-0.1, -0.05) is 30.3 Å². The zero-order chi connectivity index (χ0) is 16.1. The Kier molecular flexibility index (Phi) is 5.38. The lowest BCUT2D eigenvalue weighted by molar-refractivity contribution is -0.145. The Morgan fingerprint density at radius 1 is 1.27 bits per heavy atom. The second-order valence-electron chi connectivity index (χ2n) is 5.25. The molecular weight excluding hydrogens is 284 g/mol. The summed E-state index contributed by atoms with van der Waals surface area (Å²) in [5, 5.41) is 3.37. The van der Waals surface area contributed by atoms with Crippen molar-refractivity contribution in [3.63, 3.8) is 0 Å². The monoisotopic (exact) mass is 306 g/mol. The fraction of sp³-hybridized carbons (Fsp3) is 0.500. The molecule has 1 aliphatic rings. The highest BCUT2D eigenvalue weighted by atomic mass is 16.6. The lowest BCUT2D eigenvalue weighted by Gasteiger charge is -2.30. The first-order valence-corrected chi connectivity index (χ1v) is 7.41. The molecule has 0 spiro atoms. The highest BCUT2D eigenvalue weighted by Crippen LogP contribution is 2.27. The number of methoxy groups -OCH3 is 1. The van der Waals surface area contributed by atoms with Gasteiger partial charge in [0.25, 0.3) is 0 Å². The molecule has 1 amide bonds. The van der Waals surface area contributed by atoms with Crippen molar-refractivity contribution in [1.29, 1.82) is 0 Å². The van der Waals surface area contributed by atoms with Crippen molar-refractivity contribution in [2.24, 2.45) is 5.92 Å². The zero-order valence-electron chi connectivity index (χ0n) is 13.2. The zero-order valence-corrected chi connectivity index (χ0v) is 13.2. The van der Waals surface area contributed by atoms with Crippen molar-refractivity contribution in [2.45, 2.75) is 26.4 Å². The van der Waals surface area contributed by atoms with E-state index in [9.17, 15) is 9.59 Å². The topological polar surface area (TPSA) is 59.1 Å². The molecule has 6 nitrogen and oxygen atoms in total. The van der Waals surface area contributed by atoms with E-state index in [4.69, 9.17) is 9.47 Å². The molecule has 1 fully saturated rings. The van der Waals surface area contributed by atoms with Gasteiger partial charge in [0.1, 0.15) is 0 Å². The number of carbonyl (C=O) groups excluding carboxylic acids is 2. The molecule has 1 saturated heterocycles. The van der Waals surface area contributed by atoms with Gasteiger partial charge in [-0.25, -0.2) is 14.8 Å². The Morgan fingerprint density at radius 2 is 1.95 bits per heavy atom. The van der Waals surface area contributed by atoms with Crippen molar-refractivity contribution < 1.29 is 19.1 Å². The van der Waals surface area contributed by atoms with Gasteiger partial charge in [0.15, 0.2) is 0 Å². The number of hydrogen-bond acceptors (Lipinski definition) is 5. The largest absolute Gasteiger partial charge is 0.469 e. The Labute approximate surface area is 130 Å². The van der Waals surface area contributed by atoms with E-state index < -0.39 is 6.09 Å². The van der Waals surface area contributed by atoms with E-state index in [1.54, 1.807) is 6.92 Å². The molecule has 0 aliphatic carbocycles. The van der Waals surface area contributed by atoms with Crippen LogP contribution < -0.4 is 0 Å². The molecule has 0 bridgehead atoms. The molecule has 0 N–H and O–H groups in total. The molecule has 1 heterocycles. The van der Waals surface area contributed by atoms with Crippen LogP contribution in [-0.2, 0) is 20.8 Å². The van der Waals surface area contributed by atoms with Crippen LogP contribution in [0.4, 0.5) is 4.79 Å². The molecule has 120 valence electrons. The van der Waals surface area contributed by atoms with Gasteiger partial charge < -0.3 is 9.47 Å². The average Bonchev–Trinajstić information content (AvgIpc) is 2.84. The minimum Gasteiger partial charge on any atom is -0.469 e. The molecule has 2 atom stereocenters. The Bertz CT molecular complexity index is 520. The number of nitrogens with zero attached hydrogens (tertiary/aromatic N) is 2. The van der Waals surface area contributed by atoms with E-state index in [0.717, 1.165) is 5.56 Å². The SMILES string of the molecule is CCOC(=O)N1[C@@H](C)[C@H](C(=O)OC)CN1Cc1ccccc1. The molecule has 0 radical (unpaired) electrons. The Hall–Kier alpha value is -2.08. The van der Waals surface area contributed by atoms with Gasteiger partial charge in [-0.15, -0.1) is 0 Å². The number of rotatable bonds is 4. The highest BCUT2D eigenvalue weighted by molar-refractivity contribution is 5.76. The summed E-state index contributed by atoms with van der Waals surface area (Å²) in [6.07, 6.45) is -0.433. The third-order valence-corrected chi connectivity index (χ3v) is 3.85. The van der Waals surface area contributed by atoms with Crippen LogP contribution in [0.2, 0.25) is 0 Å². The molecule has 0 saturated carbocycles. The van der Waals surface area contributed by atoms with Crippen molar-refractivity contribution in [3.05, 3.63) is 35.9 Å². The lowest BCUT2D eigenvalue weighted by Crippen LogP contribution is -2.45. The van der Waals surface area contributed by atoms with E-state index in [1.165, 1.54) is 12.1 Å². The number of esters is 1. The number of hydrazine groups is 1. The molecule has 1 aromatic carbocycles. The number of ether oxygens (including phenoxy) is 2. The van der Waals surface area contributed by atoms with Gasteiger partial charge in [-0.05, 0) is 19.4 Å². The summed E-state index contributed by atoms with van der Waals surface area (Å²) in [5.74, 6) is -0.685. The summed E-state index contributed by atoms with van der Waals surface area (Å²) in [5.41, 5.74) is 1.06. The Morgan fingerprint density at radius 3 is 2.55 bits per heavy atom. The predicted octanol–water partition coefficient (Wildman–Crippen LogP) is 2.05. The average molecular weight is 306 g/mol. The smallest absolute Gasteiger partial charge is 0.424 e. The maximum atomic E-state index is 12.2. The van der Waals surface area contributed by atoms with Crippen molar-refractivity contribution in [1.82, 2.24) is 10.0 Å². The van der Waals surface area contributed by atoms with Gasteiger partial charge in [0.2, 0.25) is 0 Å². The quantitative estimate of drug-likeness (QED) is 0.797. The second kappa shape index (κ2) is 7.26. The lowest BCUT2D eigenvalue weighted by atomic mass is 10.0. The minimum atomic E-state index is -0.433. The van der Waals surface area contributed by atoms with Crippen LogP contribution in [0.1, 0.15) is 19.4 Å². The number of amides is 1. The van der Waals surface area contributed by atoms with Crippen molar-refractivity contribution >= 4 is 12.1 Å². The van der Waals surface area contributed by atoms with E-state index in [2.05, 4.69) is 0 Å². The van der Waals surface area contributed by atoms with Crippen LogP contribution in [0, 0.1) is 5.92 Å². The van der Waals surface area contributed by atoms with Crippen molar-refractivity contribution in [2.75, 3.05) is 20.3 Å². The minimum absolute atomic E-state index is 0.296. The van der Waals surface area contributed by atoms with Crippen LogP contribution in [-0.4, -0.2) is 48.4 Å². The second-order valence-corrected chi connectivity index (χ2v) is 5.25. The maximum Gasteiger partial charge on any atom is 0.424 e. The third-order valence-electron chi connectivity index (χ3n) is 3.85. The normalized spacial score (nSPS) is 21.7. The first-order chi connectivity index (χ1) is 10.6. The predicted molar refractivity (Wildman–Crippen MR) is 80.7 cm³/mol. The van der Waals surface area contributed by atoms with Crippen LogP contribution in [0.15, 0.2) is 30.3 Å². The molecule has 0 aromatic heterocycles. The summed E-state index contributed by atoms with van der Waals surface area (Å²) in [7, 11) is 1.36. The van der Waals surface area contributed by atoms with Gasteiger partial charge >= 0.3 is 12.1 Å². The molecule has 0 unspecified atom stereocenters. The molecule has 1 aliphatic heterocycles. The first kappa shape index (κ1) is 16.3. The third kappa shape index (κ3) is 3.39. The number of hydrogen-bond donors (Lipinski definition) is 0. The molecular formula is C16H22N2O4. The van der Waals surface area contributed by atoms with Crippen LogP contribution >= 0.6 is 0 Å². The highest BCUT2D eigenvalue weighted by Gasteiger charge is 2.44. The van der Waals surface area contributed by atoms with E-state index in [0.29, 0.717) is 19.7 Å². The van der Waals surface area contributed by atoms with Gasteiger partial charge in [0.05, 0.1) is 25.7 Å². The fourth-order valence-corrected chi connectivity index (χ4v) is 2.72. The van der Waals surface area contributed by atoms with E-state index in [-0.39, 0.29) is 17.9 Å². The summed E-state index contributed by atoms with van der Waals surface area (Å²) in [6.45, 7) is 4.87. The van der Waals surface area contributed by atoms with Crippen LogP contribution in [0.5, 0.6) is 0 Å². The van der Waals surface area contributed by atoms with Crippen LogP contribution in [0.25, 0.3) is 0 Å². The van der Waals surface area contributed by atoms with Crippen LogP contribution in [0.3, 0.4) is 0 Å². The fourth-order valence-electron chi connectivity index (χ4n) is 2.72. The summed E-state index contributed by atoms with van der Waals surface area (Å²) >= 11 is 0. The molecule has 2 rings (SSSR count). The first-order valence-electron chi connectivity index (χ1n) is 7.41. The standard InChI is InChI=1S/C16H22N2O4/c1-4-22-16(20)18-12(2)14(15(19)21-3)11-17(18)10-13-8-6-5-7-9-13/h5-9,12,14H,4,10-11H2,1-3H3/t12-,14+/m0/s1. The molecule has 22 heavy (non-hydrogen) atoms. The molecule has 1 aromatic rings. The van der Waals surface area contributed by atoms with Gasteiger partial charge in [-0.3, -0.25) is 4.79 Å². The number of carbonyl (C=O) groups is 2. The van der Waals surface area contributed by atoms with E-state index >= 15 is 0 Å². The van der Waals surface area contributed by atoms with Crippen molar-refractivity contribution in [3.8, 4) is 0 Å². The van der Waals surface area contributed by atoms with Gasteiger partial charge in [0, 0.05) is 13.1 Å². The summed E-state index contributed by atoms with van der Waals surface area (Å²) in [6, 6.07) is 9.51.